The van der Waals surface area contributed by atoms with Crippen LogP contribution in [0.25, 0.3) is 11.4 Å². The van der Waals surface area contributed by atoms with E-state index in [1.165, 1.54) is 16.4 Å². The zero-order chi connectivity index (χ0) is 14.0. The maximum atomic E-state index is 2.78. The molecule has 1 heterocycles. The average molecular weight is 296 g/mol. The third-order valence-corrected chi connectivity index (χ3v) is 3.78. The summed E-state index contributed by atoms with van der Waals surface area (Å²) >= 11 is 1.71. The van der Waals surface area contributed by atoms with Crippen molar-refractivity contribution in [2.45, 2.75) is 0 Å². The summed E-state index contributed by atoms with van der Waals surface area (Å²) < 4.78 is 0. The predicted octanol–water partition coefficient (Wildman–Crippen LogP) is 5.81. The smallest absolute Gasteiger partial charge is 0.00934 e. The van der Waals surface area contributed by atoms with Gasteiger partial charge in [0.15, 0.2) is 0 Å². The molecule has 20 heavy (non-hydrogen) atoms. The first-order valence-electron chi connectivity index (χ1n) is 6.41. The van der Waals surface area contributed by atoms with Crippen LogP contribution in [0, 0.1) is 0 Å². The summed E-state index contributed by atoms with van der Waals surface area (Å²) in [5, 5.41) is 5.29. The monoisotopic (exact) mass is 296 g/mol. The number of benzene rings is 2. The minimum Gasteiger partial charge on any atom is -0.152 e. The van der Waals surface area contributed by atoms with Gasteiger partial charge in [-0.1, -0.05) is 72.8 Å². The Hall–Kier alpha value is -1.69. The zero-order valence-corrected chi connectivity index (χ0v) is 13.1. The van der Waals surface area contributed by atoms with Crippen LogP contribution in [0.15, 0.2) is 83.6 Å². The second-order valence-corrected chi connectivity index (χ2v) is 5.61. The van der Waals surface area contributed by atoms with E-state index in [9.17, 15) is 0 Å². The van der Waals surface area contributed by atoms with E-state index in [4.69, 9.17) is 0 Å². The first-order chi connectivity index (χ1) is 9.86. The molecular formula is C18H17PS. The van der Waals surface area contributed by atoms with Crippen LogP contribution in [0.5, 0.6) is 0 Å². The summed E-state index contributed by atoms with van der Waals surface area (Å²) in [4.78, 5) is 0. The van der Waals surface area contributed by atoms with E-state index >= 15 is 0 Å². The summed E-state index contributed by atoms with van der Waals surface area (Å²) in [7, 11) is 2.78. The van der Waals surface area contributed by atoms with Gasteiger partial charge in [-0.25, -0.2) is 0 Å². The topological polar surface area (TPSA) is 0 Å². The van der Waals surface area contributed by atoms with Crippen molar-refractivity contribution in [3.8, 4) is 0 Å². The molecule has 0 aliphatic rings. The van der Waals surface area contributed by atoms with Gasteiger partial charge in [0.1, 0.15) is 0 Å². The quantitative estimate of drug-likeness (QED) is 0.413. The highest BCUT2D eigenvalue weighted by molar-refractivity contribution is 7.32. The van der Waals surface area contributed by atoms with Crippen molar-refractivity contribution in [1.82, 2.24) is 0 Å². The van der Waals surface area contributed by atoms with Crippen molar-refractivity contribution in [2.24, 2.45) is 0 Å². The normalized spacial score (nSPS) is 10.6. The van der Waals surface area contributed by atoms with Gasteiger partial charge in [-0.05, 0) is 33.3 Å². The standard InChI is InChI=1S/C14H13P.C4H4S/c15-14(13-9-5-2-6-10-13)11-12-7-3-1-4-8-12;1-2-4-5-3-1/h1-11H,15H2;1-4H. The lowest BCUT2D eigenvalue weighted by molar-refractivity contribution is 1.64. The van der Waals surface area contributed by atoms with Crippen LogP contribution in [0.1, 0.15) is 11.1 Å². The molecule has 0 aliphatic heterocycles. The highest BCUT2D eigenvalue weighted by Crippen LogP contribution is 2.23. The van der Waals surface area contributed by atoms with Crippen LogP contribution < -0.4 is 0 Å². The lowest BCUT2D eigenvalue weighted by Crippen LogP contribution is -1.75. The van der Waals surface area contributed by atoms with Gasteiger partial charge >= 0.3 is 0 Å². The largest absolute Gasteiger partial charge is 0.152 e. The summed E-state index contributed by atoms with van der Waals surface area (Å²) in [6, 6.07) is 24.7. The Morgan fingerprint density at radius 1 is 0.750 bits per heavy atom. The molecule has 0 radical (unpaired) electrons. The van der Waals surface area contributed by atoms with Gasteiger partial charge in [-0.3, -0.25) is 0 Å². The molecule has 100 valence electrons. The van der Waals surface area contributed by atoms with E-state index < -0.39 is 0 Å². The molecule has 0 amide bonds. The highest BCUT2D eigenvalue weighted by atomic mass is 32.1. The molecule has 3 aromatic rings. The van der Waals surface area contributed by atoms with E-state index in [0.717, 1.165) is 0 Å². The molecule has 0 saturated carbocycles. The van der Waals surface area contributed by atoms with E-state index in [1.807, 2.05) is 35.0 Å². The van der Waals surface area contributed by atoms with Crippen LogP contribution in [0.2, 0.25) is 0 Å². The molecule has 0 aliphatic carbocycles. The highest BCUT2D eigenvalue weighted by Gasteiger charge is 1.93. The van der Waals surface area contributed by atoms with Gasteiger partial charge < -0.3 is 0 Å². The van der Waals surface area contributed by atoms with Crippen molar-refractivity contribution in [3.05, 3.63) is 94.7 Å². The molecular weight excluding hydrogens is 279 g/mol. The number of hydrogen-bond acceptors (Lipinski definition) is 1. The predicted molar refractivity (Wildman–Crippen MR) is 94.8 cm³/mol. The fourth-order valence-corrected chi connectivity index (χ4v) is 2.51. The van der Waals surface area contributed by atoms with E-state index in [-0.39, 0.29) is 0 Å². The second kappa shape index (κ2) is 8.47. The Bertz CT molecular complexity index is 596. The van der Waals surface area contributed by atoms with Crippen LogP contribution >= 0.6 is 20.6 Å². The third kappa shape index (κ3) is 5.13. The SMILES string of the molecule is PC(=Cc1ccccc1)c1ccccc1.c1ccsc1. The lowest BCUT2D eigenvalue weighted by Gasteiger charge is -2.00. The second-order valence-electron chi connectivity index (χ2n) is 4.17. The van der Waals surface area contributed by atoms with Gasteiger partial charge in [0.05, 0.1) is 0 Å². The third-order valence-electron chi connectivity index (χ3n) is 2.65. The van der Waals surface area contributed by atoms with Gasteiger partial charge in [0.2, 0.25) is 0 Å². The molecule has 0 N–H and O–H groups in total. The van der Waals surface area contributed by atoms with Crippen molar-refractivity contribution in [3.63, 3.8) is 0 Å². The molecule has 3 rings (SSSR count). The molecule has 1 aromatic heterocycles. The lowest BCUT2D eigenvalue weighted by atomic mass is 10.1. The van der Waals surface area contributed by atoms with Crippen molar-refractivity contribution < 1.29 is 0 Å². The summed E-state index contributed by atoms with van der Waals surface area (Å²) in [5.74, 6) is 0. The molecule has 0 saturated heterocycles. The maximum Gasteiger partial charge on any atom is -0.00934 e. The first-order valence-corrected chi connectivity index (χ1v) is 7.93. The summed E-state index contributed by atoms with van der Waals surface area (Å²) in [5.41, 5.74) is 2.47. The molecule has 2 heteroatoms. The van der Waals surface area contributed by atoms with E-state index in [0.29, 0.717) is 0 Å². The molecule has 0 spiro atoms. The van der Waals surface area contributed by atoms with E-state index in [2.05, 4.69) is 63.8 Å². The van der Waals surface area contributed by atoms with E-state index in [1.54, 1.807) is 11.3 Å². The fourth-order valence-electron chi connectivity index (χ4n) is 1.67. The van der Waals surface area contributed by atoms with Gasteiger partial charge in [-0.15, -0.1) is 9.24 Å². The molecule has 1 atom stereocenters. The minimum absolute atomic E-state index is 1.21. The van der Waals surface area contributed by atoms with Gasteiger partial charge in [0, 0.05) is 0 Å². The Morgan fingerprint density at radius 3 is 1.80 bits per heavy atom. The molecule has 0 fully saturated rings. The molecule has 0 bridgehead atoms. The Kier molecular flexibility index (Phi) is 6.23. The molecule has 1 unspecified atom stereocenters. The zero-order valence-electron chi connectivity index (χ0n) is 11.1. The average Bonchev–Trinajstić information content (AvgIpc) is 3.09. The number of thiophene rings is 1. The van der Waals surface area contributed by atoms with Crippen LogP contribution in [-0.4, -0.2) is 0 Å². The fraction of sp³-hybridized carbons (Fsp3) is 0. The summed E-state index contributed by atoms with van der Waals surface area (Å²) in [6.07, 6.45) is 2.17. The number of hydrogen-bond donors (Lipinski definition) is 0. The Labute approximate surface area is 127 Å². The Morgan fingerprint density at radius 2 is 1.30 bits per heavy atom. The first kappa shape index (κ1) is 14.7. The maximum absolute atomic E-state index is 2.78. The minimum atomic E-state index is 1.21. The van der Waals surface area contributed by atoms with Crippen molar-refractivity contribution in [2.75, 3.05) is 0 Å². The molecule has 0 nitrogen and oxygen atoms in total. The van der Waals surface area contributed by atoms with Gasteiger partial charge in [0.25, 0.3) is 0 Å². The summed E-state index contributed by atoms with van der Waals surface area (Å²) in [6.45, 7) is 0. The van der Waals surface area contributed by atoms with Crippen molar-refractivity contribution in [1.29, 1.82) is 0 Å². The number of rotatable bonds is 2. The van der Waals surface area contributed by atoms with Crippen LogP contribution in [-0.2, 0) is 0 Å². The Balaban J connectivity index is 0.000000247. The van der Waals surface area contributed by atoms with Crippen LogP contribution in [0.4, 0.5) is 0 Å². The van der Waals surface area contributed by atoms with Gasteiger partial charge in [-0.2, -0.15) is 11.3 Å². The van der Waals surface area contributed by atoms with Crippen molar-refractivity contribution >= 4 is 32.0 Å². The molecule has 2 aromatic carbocycles. The van der Waals surface area contributed by atoms with Crippen LogP contribution in [0.3, 0.4) is 0 Å².